The molecular weight excluding hydrogens is 248 g/mol. The zero-order valence-corrected chi connectivity index (χ0v) is 13.4. The molecule has 0 saturated heterocycles. The molecule has 1 aromatic rings. The van der Waals surface area contributed by atoms with Gasteiger partial charge >= 0.3 is 0 Å². The predicted molar refractivity (Wildman–Crippen MR) is 85.0 cm³/mol. The van der Waals surface area contributed by atoms with E-state index in [2.05, 4.69) is 44.4 Å². The second kappa shape index (κ2) is 8.05. The van der Waals surface area contributed by atoms with E-state index in [9.17, 15) is 4.79 Å². The van der Waals surface area contributed by atoms with Gasteiger partial charge in [0.25, 0.3) is 5.91 Å². The first-order chi connectivity index (χ1) is 9.43. The van der Waals surface area contributed by atoms with Crippen LogP contribution in [0.1, 0.15) is 43.6 Å². The van der Waals surface area contributed by atoms with E-state index in [4.69, 9.17) is 0 Å². The number of carbonyl (C=O) groups excluding carboxylic acids is 1. The fraction of sp³-hybridized carbons (Fsp3) is 0.588. The first kappa shape index (κ1) is 16.7. The lowest BCUT2D eigenvalue weighted by molar-refractivity contribution is 0.0963. The molecule has 1 rings (SSSR count). The Morgan fingerprint density at radius 2 is 1.90 bits per heavy atom. The normalized spacial score (nSPS) is 12.8. The molecule has 1 atom stereocenters. The first-order valence-corrected chi connectivity index (χ1v) is 7.48. The summed E-state index contributed by atoms with van der Waals surface area (Å²) in [6.45, 7) is 9.87. The minimum absolute atomic E-state index is 0.0201. The van der Waals surface area contributed by atoms with Crippen LogP contribution in [0.5, 0.6) is 0 Å². The van der Waals surface area contributed by atoms with Crippen LogP contribution in [0, 0.1) is 11.8 Å². The van der Waals surface area contributed by atoms with E-state index in [1.807, 2.05) is 18.2 Å². The van der Waals surface area contributed by atoms with Crippen LogP contribution in [0.2, 0.25) is 0 Å². The van der Waals surface area contributed by atoms with Gasteiger partial charge in [-0.05, 0) is 42.5 Å². The van der Waals surface area contributed by atoms with Gasteiger partial charge < -0.3 is 10.6 Å². The van der Waals surface area contributed by atoms with Gasteiger partial charge in [0, 0.05) is 18.7 Å². The van der Waals surface area contributed by atoms with Crippen molar-refractivity contribution < 1.29 is 4.79 Å². The molecule has 0 aliphatic carbocycles. The van der Waals surface area contributed by atoms with Gasteiger partial charge in [0.2, 0.25) is 0 Å². The summed E-state index contributed by atoms with van der Waals surface area (Å²) >= 11 is 0. The maximum atomic E-state index is 11.7. The number of nitrogens with one attached hydrogen (secondary N) is 2. The van der Waals surface area contributed by atoms with E-state index >= 15 is 0 Å². The standard InChI is InChI=1S/C17H28N2O/c1-12(2)16(11-19-13(3)4)10-14-7-6-8-15(9-14)17(20)18-5/h6-9,12-13,16,19H,10-11H2,1-5H3,(H,18,20). The molecule has 0 spiro atoms. The van der Waals surface area contributed by atoms with Gasteiger partial charge in [0.1, 0.15) is 0 Å². The van der Waals surface area contributed by atoms with Gasteiger partial charge in [-0.1, -0.05) is 39.8 Å². The molecule has 0 fully saturated rings. The molecular formula is C17H28N2O. The zero-order valence-electron chi connectivity index (χ0n) is 13.4. The highest BCUT2D eigenvalue weighted by Crippen LogP contribution is 2.18. The second-order valence-corrected chi connectivity index (χ2v) is 6.05. The van der Waals surface area contributed by atoms with Crippen molar-refractivity contribution in [3.05, 3.63) is 35.4 Å². The van der Waals surface area contributed by atoms with E-state index in [-0.39, 0.29) is 5.91 Å². The minimum Gasteiger partial charge on any atom is -0.355 e. The summed E-state index contributed by atoms with van der Waals surface area (Å²) in [6, 6.07) is 8.45. The minimum atomic E-state index is -0.0201. The van der Waals surface area contributed by atoms with Crippen molar-refractivity contribution in [1.29, 1.82) is 0 Å². The molecule has 20 heavy (non-hydrogen) atoms. The Bertz CT molecular complexity index is 427. The molecule has 1 aromatic carbocycles. The SMILES string of the molecule is CNC(=O)c1cccc(CC(CNC(C)C)C(C)C)c1. The molecule has 112 valence electrons. The van der Waals surface area contributed by atoms with Crippen LogP contribution in [-0.4, -0.2) is 25.5 Å². The Morgan fingerprint density at radius 3 is 2.45 bits per heavy atom. The van der Waals surface area contributed by atoms with Gasteiger partial charge in [-0.2, -0.15) is 0 Å². The lowest BCUT2D eigenvalue weighted by atomic mass is 9.88. The van der Waals surface area contributed by atoms with Crippen molar-refractivity contribution in [2.45, 2.75) is 40.2 Å². The Kier molecular flexibility index (Phi) is 6.73. The molecule has 3 heteroatoms. The third-order valence-electron chi connectivity index (χ3n) is 3.65. The lowest BCUT2D eigenvalue weighted by Gasteiger charge is -2.23. The van der Waals surface area contributed by atoms with E-state index < -0.39 is 0 Å². The maximum absolute atomic E-state index is 11.7. The average molecular weight is 276 g/mol. The Morgan fingerprint density at radius 1 is 1.20 bits per heavy atom. The van der Waals surface area contributed by atoms with Crippen LogP contribution in [0.3, 0.4) is 0 Å². The van der Waals surface area contributed by atoms with Crippen LogP contribution in [0.15, 0.2) is 24.3 Å². The second-order valence-electron chi connectivity index (χ2n) is 6.05. The number of carbonyl (C=O) groups is 1. The summed E-state index contributed by atoms with van der Waals surface area (Å²) in [5, 5.41) is 6.19. The van der Waals surface area contributed by atoms with Crippen molar-refractivity contribution in [1.82, 2.24) is 10.6 Å². The summed E-state index contributed by atoms with van der Waals surface area (Å²) in [5.41, 5.74) is 1.97. The molecule has 1 unspecified atom stereocenters. The van der Waals surface area contributed by atoms with Gasteiger partial charge in [-0.15, -0.1) is 0 Å². The summed E-state index contributed by atoms with van der Waals surface area (Å²) in [4.78, 5) is 11.7. The van der Waals surface area contributed by atoms with Gasteiger partial charge in [0.15, 0.2) is 0 Å². The van der Waals surface area contributed by atoms with E-state index in [0.29, 0.717) is 17.9 Å². The van der Waals surface area contributed by atoms with Crippen molar-refractivity contribution in [3.8, 4) is 0 Å². The molecule has 0 aliphatic heterocycles. The number of benzene rings is 1. The van der Waals surface area contributed by atoms with E-state index in [0.717, 1.165) is 18.5 Å². The smallest absolute Gasteiger partial charge is 0.251 e. The highest BCUT2D eigenvalue weighted by atomic mass is 16.1. The molecule has 0 heterocycles. The molecule has 2 N–H and O–H groups in total. The third-order valence-corrected chi connectivity index (χ3v) is 3.65. The number of hydrogen-bond acceptors (Lipinski definition) is 2. The number of amides is 1. The van der Waals surface area contributed by atoms with Crippen molar-refractivity contribution in [2.75, 3.05) is 13.6 Å². The highest BCUT2D eigenvalue weighted by Gasteiger charge is 2.15. The Hall–Kier alpha value is -1.35. The number of rotatable bonds is 7. The van der Waals surface area contributed by atoms with Crippen LogP contribution in [-0.2, 0) is 6.42 Å². The maximum Gasteiger partial charge on any atom is 0.251 e. The van der Waals surface area contributed by atoms with Gasteiger partial charge in [-0.25, -0.2) is 0 Å². The summed E-state index contributed by atoms with van der Waals surface area (Å²) in [6.07, 6.45) is 1.00. The topological polar surface area (TPSA) is 41.1 Å². The predicted octanol–water partition coefficient (Wildman–Crippen LogP) is 2.86. The quantitative estimate of drug-likeness (QED) is 0.804. The fourth-order valence-electron chi connectivity index (χ4n) is 2.22. The summed E-state index contributed by atoms with van der Waals surface area (Å²) in [7, 11) is 1.67. The van der Waals surface area contributed by atoms with Gasteiger partial charge in [0.05, 0.1) is 0 Å². The monoisotopic (exact) mass is 276 g/mol. The fourth-order valence-corrected chi connectivity index (χ4v) is 2.22. The lowest BCUT2D eigenvalue weighted by Crippen LogP contribution is -2.32. The average Bonchev–Trinajstić information content (AvgIpc) is 2.42. The summed E-state index contributed by atoms with van der Waals surface area (Å²) in [5.74, 6) is 1.18. The molecule has 0 saturated carbocycles. The molecule has 0 bridgehead atoms. The molecule has 0 aliphatic rings. The Labute approximate surface area is 123 Å². The summed E-state index contributed by atoms with van der Waals surface area (Å²) < 4.78 is 0. The zero-order chi connectivity index (χ0) is 15.1. The van der Waals surface area contributed by atoms with Crippen LogP contribution in [0.25, 0.3) is 0 Å². The first-order valence-electron chi connectivity index (χ1n) is 7.48. The van der Waals surface area contributed by atoms with Crippen LogP contribution < -0.4 is 10.6 Å². The highest BCUT2D eigenvalue weighted by molar-refractivity contribution is 5.94. The van der Waals surface area contributed by atoms with Crippen molar-refractivity contribution >= 4 is 5.91 Å². The number of hydrogen-bond donors (Lipinski definition) is 2. The third kappa shape index (κ3) is 5.33. The van der Waals surface area contributed by atoms with E-state index in [1.165, 1.54) is 5.56 Å². The van der Waals surface area contributed by atoms with Crippen molar-refractivity contribution in [2.24, 2.45) is 11.8 Å². The molecule has 1 amide bonds. The van der Waals surface area contributed by atoms with Crippen LogP contribution in [0.4, 0.5) is 0 Å². The van der Waals surface area contributed by atoms with Crippen LogP contribution >= 0.6 is 0 Å². The van der Waals surface area contributed by atoms with Crippen molar-refractivity contribution in [3.63, 3.8) is 0 Å². The molecule has 0 aromatic heterocycles. The van der Waals surface area contributed by atoms with Gasteiger partial charge in [-0.3, -0.25) is 4.79 Å². The molecule has 3 nitrogen and oxygen atoms in total. The largest absolute Gasteiger partial charge is 0.355 e. The van der Waals surface area contributed by atoms with E-state index in [1.54, 1.807) is 7.05 Å². The Balaban J connectivity index is 2.75. The molecule has 0 radical (unpaired) electrons.